The first-order valence-electron chi connectivity index (χ1n) is 10.7. The third-order valence-electron chi connectivity index (χ3n) is 5.81. The molecule has 4 aliphatic rings. The number of Topliss-reactive ketones (excluding diaryl/α,β-unsaturated/α-hetero) is 1. The summed E-state index contributed by atoms with van der Waals surface area (Å²) in [6, 6.07) is -2.27. The van der Waals surface area contributed by atoms with Crippen LogP contribution in [0.4, 0.5) is 0 Å². The van der Waals surface area contributed by atoms with Crippen molar-refractivity contribution in [1.29, 1.82) is 0 Å². The van der Waals surface area contributed by atoms with Crippen LogP contribution >= 0.6 is 0 Å². The molecule has 0 radical (unpaired) electrons. The number of likely N-dealkylation sites (N-methyl/N-ethyl adjacent to an activating group) is 1. The molecule has 2 bridgehead atoms. The molecule has 1 aromatic rings. The predicted molar refractivity (Wildman–Crippen MR) is 83.0 cm³/mol. The van der Waals surface area contributed by atoms with Gasteiger partial charge in [-0.05, 0) is 44.5 Å². The molecule has 1 saturated carbocycles. The van der Waals surface area contributed by atoms with E-state index in [2.05, 4.69) is 0 Å². The Bertz CT molecular complexity index is 1000. The number of benzene rings is 1. The molecule has 1 spiro atoms. The summed E-state index contributed by atoms with van der Waals surface area (Å²) in [5, 5.41) is 12.0. The lowest BCUT2D eigenvalue weighted by molar-refractivity contribution is -0.185. The lowest BCUT2D eigenvalue weighted by Crippen LogP contribution is -2.76. The second-order valence-electron chi connectivity index (χ2n) is 6.64. The molecule has 2 aliphatic heterocycles. The number of carbonyl (C=O) groups is 1. The van der Waals surface area contributed by atoms with Crippen LogP contribution in [0.1, 0.15) is 38.6 Å². The van der Waals surface area contributed by atoms with Gasteiger partial charge in [-0.2, -0.15) is 0 Å². The van der Waals surface area contributed by atoms with E-state index >= 15 is 0 Å². The first-order valence-corrected chi connectivity index (χ1v) is 7.70. The maximum atomic E-state index is 13.2. The number of methoxy groups -OCH3 is 1. The summed E-state index contributed by atoms with van der Waals surface area (Å²) in [4.78, 5) is 14.8. The second-order valence-corrected chi connectivity index (χ2v) is 6.64. The van der Waals surface area contributed by atoms with Crippen molar-refractivity contribution in [3.8, 4) is 11.5 Å². The Morgan fingerprint density at radius 3 is 3.17 bits per heavy atom. The van der Waals surface area contributed by atoms with E-state index in [1.54, 1.807) is 11.9 Å². The maximum Gasteiger partial charge on any atom is 0.174 e. The molecule has 2 fully saturated rings. The van der Waals surface area contributed by atoms with Crippen molar-refractivity contribution in [3.63, 3.8) is 0 Å². The first kappa shape index (κ1) is 9.04. The normalized spacial score (nSPS) is 52.9. The first-order chi connectivity index (χ1) is 13.3. The largest absolute Gasteiger partial charge is 0.493 e. The van der Waals surface area contributed by atoms with Crippen LogP contribution < -0.4 is 9.47 Å². The molecule has 122 valence electrons. The van der Waals surface area contributed by atoms with Crippen LogP contribution in [0.2, 0.25) is 0 Å². The molecule has 0 amide bonds. The van der Waals surface area contributed by atoms with Crippen molar-refractivity contribution >= 4 is 5.78 Å². The highest BCUT2D eigenvalue weighted by Gasteiger charge is 2.72. The van der Waals surface area contributed by atoms with E-state index < -0.39 is 41.7 Å². The number of likely N-dealkylation sites (tertiary alicyclic amines) is 1. The molecule has 2 aliphatic carbocycles. The van der Waals surface area contributed by atoms with E-state index in [9.17, 15) is 11.3 Å². The van der Waals surface area contributed by atoms with Crippen LogP contribution in [0.15, 0.2) is 12.1 Å². The number of hydrogen-bond donors (Lipinski definition) is 1. The standard InChI is InChI=1S/C18H21NO4/c1-19-8-7-17-14-10-3-4-12(22-2)15(14)23-16(17)11(20)5-6-18(17,21)13(19)9-10/h3-4,13,16,21H,5-9H2,1-2H3/t13-,16?,17+,18-/m1/s1/i3D,4D,5D2,13D,16D. The molecule has 23 heavy (non-hydrogen) atoms. The van der Waals surface area contributed by atoms with Crippen molar-refractivity contribution in [2.75, 3.05) is 20.7 Å². The summed E-state index contributed by atoms with van der Waals surface area (Å²) in [5.74, 6) is -1.29. The number of carbonyl (C=O) groups excluding carboxylic acids is 1. The van der Waals surface area contributed by atoms with E-state index in [0.29, 0.717) is 0 Å². The third-order valence-corrected chi connectivity index (χ3v) is 5.81. The zero-order valence-electron chi connectivity index (χ0n) is 18.9. The van der Waals surface area contributed by atoms with Crippen molar-refractivity contribution in [2.45, 2.75) is 48.7 Å². The van der Waals surface area contributed by atoms with E-state index in [-0.39, 0.29) is 54.1 Å². The second kappa shape index (κ2) is 4.08. The Morgan fingerprint density at radius 1 is 1.57 bits per heavy atom. The Hall–Kier alpha value is -1.59. The molecule has 1 saturated heterocycles. The lowest BCUT2D eigenvalue weighted by atomic mass is 9.49. The average Bonchev–Trinajstić information content (AvgIpc) is 2.90. The monoisotopic (exact) mass is 321 g/mol. The summed E-state index contributed by atoms with van der Waals surface area (Å²) >= 11 is 0. The number of ether oxygens (including phenoxy) is 2. The topological polar surface area (TPSA) is 59.0 Å². The molecule has 1 N–H and O–H groups in total. The molecule has 4 atom stereocenters. The van der Waals surface area contributed by atoms with Gasteiger partial charge in [-0.3, -0.25) is 4.79 Å². The van der Waals surface area contributed by atoms with Gasteiger partial charge < -0.3 is 19.5 Å². The number of piperidine rings is 1. The maximum absolute atomic E-state index is 13.2. The van der Waals surface area contributed by atoms with Gasteiger partial charge in [0, 0.05) is 20.7 Å². The number of nitrogens with zero attached hydrogens (tertiary/aromatic N) is 1. The zero-order chi connectivity index (χ0) is 21.4. The lowest BCUT2D eigenvalue weighted by Gasteiger charge is -2.62. The van der Waals surface area contributed by atoms with Crippen molar-refractivity contribution in [1.82, 2.24) is 4.90 Å². The molecular formula is C18H21NO4. The van der Waals surface area contributed by atoms with Gasteiger partial charge in [0.15, 0.2) is 23.4 Å². The minimum atomic E-state index is -2.58. The van der Waals surface area contributed by atoms with Gasteiger partial charge in [-0.1, -0.05) is 6.04 Å². The fraction of sp³-hybridized carbons (Fsp3) is 0.611. The number of ketones is 1. The molecule has 5 nitrogen and oxygen atoms in total. The Labute approximate surface area is 143 Å². The van der Waals surface area contributed by atoms with Gasteiger partial charge in [-0.15, -0.1) is 0 Å². The summed E-state index contributed by atoms with van der Waals surface area (Å²) in [7, 11) is 2.92. The van der Waals surface area contributed by atoms with Crippen LogP contribution in [0.3, 0.4) is 0 Å². The van der Waals surface area contributed by atoms with Gasteiger partial charge in [0.25, 0.3) is 0 Å². The highest BCUT2D eigenvalue weighted by molar-refractivity contribution is 5.90. The van der Waals surface area contributed by atoms with Crippen LogP contribution in [0, 0.1) is 0 Å². The summed E-state index contributed by atoms with van der Waals surface area (Å²) in [6.07, 6.45) is -5.82. The summed E-state index contributed by atoms with van der Waals surface area (Å²) < 4.78 is 62.6. The van der Waals surface area contributed by atoms with Gasteiger partial charge in [0.1, 0.15) is 0 Å². The van der Waals surface area contributed by atoms with Gasteiger partial charge in [-0.25, -0.2) is 0 Å². The summed E-state index contributed by atoms with van der Waals surface area (Å²) in [6.45, 7) is 0.281. The highest BCUT2D eigenvalue weighted by Crippen LogP contribution is 2.64. The average molecular weight is 321 g/mol. The molecule has 1 unspecified atom stereocenters. The Balaban J connectivity index is 1.99. The fourth-order valence-corrected chi connectivity index (χ4v) is 4.73. The smallest absolute Gasteiger partial charge is 0.174 e. The van der Waals surface area contributed by atoms with Crippen LogP contribution in [-0.4, -0.2) is 54.2 Å². The van der Waals surface area contributed by atoms with Crippen molar-refractivity contribution in [2.24, 2.45) is 0 Å². The van der Waals surface area contributed by atoms with Gasteiger partial charge >= 0.3 is 0 Å². The Kier molecular flexibility index (Phi) is 1.60. The number of aliphatic hydroxyl groups is 1. The van der Waals surface area contributed by atoms with E-state index in [1.165, 1.54) is 7.11 Å². The van der Waals surface area contributed by atoms with Crippen LogP contribution in [-0.2, 0) is 16.6 Å². The predicted octanol–water partition coefficient (Wildman–Crippen LogP) is 1.05. The molecular weight excluding hydrogens is 294 g/mol. The Morgan fingerprint density at radius 2 is 2.39 bits per heavy atom. The van der Waals surface area contributed by atoms with Crippen molar-refractivity contribution < 1.29 is 27.6 Å². The quantitative estimate of drug-likeness (QED) is 0.838. The fourth-order valence-electron chi connectivity index (χ4n) is 4.73. The highest BCUT2D eigenvalue weighted by atomic mass is 16.5. The molecule has 1 aromatic carbocycles. The zero-order valence-corrected chi connectivity index (χ0v) is 12.9. The SMILES string of the molecule is [2H]c1c([2H])c(OC)c2c3c1C[C@@]1([2H])N(C)CC[C@@]34C([2H])(O2)C(=O)C([2H])([2H])C[C@@]14O. The third kappa shape index (κ3) is 1.32. The molecule has 5 rings (SSSR count). The minimum absolute atomic E-state index is 0.0606. The van der Waals surface area contributed by atoms with E-state index in [0.717, 1.165) is 0 Å². The number of rotatable bonds is 1. The summed E-state index contributed by atoms with van der Waals surface area (Å²) in [5.41, 5.74) is -3.31. The van der Waals surface area contributed by atoms with Crippen molar-refractivity contribution in [3.05, 3.63) is 23.2 Å². The van der Waals surface area contributed by atoms with Crippen LogP contribution in [0.5, 0.6) is 11.5 Å². The van der Waals surface area contributed by atoms with E-state index in [1.807, 2.05) is 0 Å². The van der Waals surface area contributed by atoms with E-state index in [4.69, 9.17) is 16.3 Å². The minimum Gasteiger partial charge on any atom is -0.493 e. The van der Waals surface area contributed by atoms with Gasteiger partial charge in [0.2, 0.25) is 0 Å². The van der Waals surface area contributed by atoms with Crippen LogP contribution in [0.25, 0.3) is 0 Å². The molecule has 2 heterocycles. The number of hydrogen-bond acceptors (Lipinski definition) is 5. The van der Waals surface area contributed by atoms with Gasteiger partial charge in [0.05, 0.1) is 23.6 Å². The molecule has 5 heteroatoms. The molecule has 0 aromatic heterocycles.